The van der Waals surface area contributed by atoms with E-state index in [0.29, 0.717) is 44.1 Å². The number of morpholine rings is 1. The number of methoxy groups -OCH3 is 1. The van der Waals surface area contributed by atoms with Crippen molar-refractivity contribution < 1.29 is 23.4 Å². The molecular weight excluding hydrogens is 421 g/mol. The number of carbonyl (C=O) groups excluding carboxylic acids is 1. The molecule has 2 aromatic rings. The Labute approximate surface area is 184 Å². The highest BCUT2D eigenvalue weighted by Crippen LogP contribution is 2.34. The van der Waals surface area contributed by atoms with Gasteiger partial charge >= 0.3 is 6.09 Å². The van der Waals surface area contributed by atoms with Gasteiger partial charge in [-0.1, -0.05) is 0 Å². The third-order valence-corrected chi connectivity index (χ3v) is 5.74. The maximum absolute atomic E-state index is 15.4. The summed E-state index contributed by atoms with van der Waals surface area (Å²) in [6, 6.07) is -0.0274. The van der Waals surface area contributed by atoms with Crippen molar-refractivity contribution in [2.45, 2.75) is 38.0 Å². The summed E-state index contributed by atoms with van der Waals surface area (Å²) < 4.78 is 31.5. The Hall–Kier alpha value is -3.28. The number of nitrogens with two attached hydrogens (primary N) is 1. The molecule has 2 aromatic heterocycles. The smallest absolute Gasteiger partial charge is 0.409 e. The molecular formula is C20H26FN7O4. The van der Waals surface area contributed by atoms with Crippen LogP contribution in [0.25, 0.3) is 11.3 Å². The third kappa shape index (κ3) is 4.35. The lowest BCUT2D eigenvalue weighted by Crippen LogP contribution is -2.50. The molecule has 0 spiro atoms. The van der Waals surface area contributed by atoms with Crippen LogP contribution in [0.3, 0.4) is 0 Å². The molecule has 1 saturated heterocycles. The van der Waals surface area contributed by atoms with Crippen LogP contribution in [0.5, 0.6) is 5.88 Å². The maximum atomic E-state index is 15.4. The fraction of sp³-hybridized carbons (Fsp3) is 0.550. The number of aromatic nitrogens is 4. The van der Waals surface area contributed by atoms with Crippen LogP contribution in [0.2, 0.25) is 0 Å². The number of carbonyl (C=O) groups is 1. The van der Waals surface area contributed by atoms with Crippen LogP contribution in [-0.4, -0.2) is 83.0 Å². The number of amides is 1. The van der Waals surface area contributed by atoms with E-state index >= 15 is 4.39 Å². The van der Waals surface area contributed by atoms with E-state index in [-0.39, 0.29) is 35.7 Å². The van der Waals surface area contributed by atoms with Crippen molar-refractivity contribution in [2.24, 2.45) is 0 Å². The predicted molar refractivity (Wildman–Crippen MR) is 113 cm³/mol. The molecule has 2 fully saturated rings. The Morgan fingerprint density at radius 2 is 2.03 bits per heavy atom. The fourth-order valence-corrected chi connectivity index (χ4v) is 3.70. The number of ether oxygens (including phenoxy) is 3. The summed E-state index contributed by atoms with van der Waals surface area (Å²) >= 11 is 0. The summed E-state index contributed by atoms with van der Waals surface area (Å²) in [4.78, 5) is 31.9. The normalized spacial score (nSPS) is 22.8. The van der Waals surface area contributed by atoms with Crippen LogP contribution in [0.15, 0.2) is 12.4 Å². The minimum Gasteiger partial charge on any atom is -0.472 e. The lowest BCUT2D eigenvalue weighted by Gasteiger charge is -2.40. The van der Waals surface area contributed by atoms with Gasteiger partial charge in [-0.2, -0.15) is 9.37 Å². The molecule has 2 aliphatic rings. The van der Waals surface area contributed by atoms with Crippen molar-refractivity contribution in [1.29, 1.82) is 0 Å². The summed E-state index contributed by atoms with van der Waals surface area (Å²) in [7, 11) is 2.99. The van der Waals surface area contributed by atoms with E-state index in [1.165, 1.54) is 24.4 Å². The van der Waals surface area contributed by atoms with Crippen molar-refractivity contribution in [2.75, 3.05) is 44.5 Å². The van der Waals surface area contributed by atoms with E-state index in [1.807, 2.05) is 11.8 Å². The van der Waals surface area contributed by atoms with E-state index in [0.717, 1.165) is 0 Å². The summed E-state index contributed by atoms with van der Waals surface area (Å²) in [5, 5.41) is 0. The second kappa shape index (κ2) is 9.07. The van der Waals surface area contributed by atoms with Gasteiger partial charge in [0.2, 0.25) is 17.7 Å². The van der Waals surface area contributed by atoms with E-state index < -0.39 is 11.9 Å². The number of nitrogen functional groups attached to an aromatic ring is 1. The molecule has 0 aromatic carbocycles. The van der Waals surface area contributed by atoms with Gasteiger partial charge in [-0.05, 0) is 6.92 Å². The molecule has 2 N–H and O–H groups in total. The summed E-state index contributed by atoms with van der Waals surface area (Å²) in [5.41, 5.74) is 5.96. The SMILES string of the molecule is COC(=O)N(C)C1CC(Oc2nc(N3CCOC[C@@H]3C)nc(-c3cnc(N)nc3)c2F)C1. The Kier molecular flexibility index (Phi) is 6.21. The zero-order valence-electron chi connectivity index (χ0n) is 18.2. The average Bonchev–Trinajstić information content (AvgIpc) is 2.77. The minimum atomic E-state index is -0.701. The van der Waals surface area contributed by atoms with E-state index in [1.54, 1.807) is 7.05 Å². The molecule has 32 heavy (non-hydrogen) atoms. The lowest BCUT2D eigenvalue weighted by molar-refractivity contribution is 0.0226. The Morgan fingerprint density at radius 3 is 2.69 bits per heavy atom. The number of hydrogen-bond donors (Lipinski definition) is 1. The minimum absolute atomic E-state index is 0.0133. The number of nitrogens with zero attached hydrogens (tertiary/aromatic N) is 6. The van der Waals surface area contributed by atoms with Crippen LogP contribution in [0.1, 0.15) is 19.8 Å². The van der Waals surface area contributed by atoms with Crippen molar-refractivity contribution in [3.63, 3.8) is 0 Å². The van der Waals surface area contributed by atoms with Gasteiger partial charge in [0, 0.05) is 50.4 Å². The highest BCUT2D eigenvalue weighted by Gasteiger charge is 2.37. The van der Waals surface area contributed by atoms with Crippen LogP contribution in [0.4, 0.5) is 21.1 Å². The largest absolute Gasteiger partial charge is 0.472 e. The summed E-state index contributed by atoms with van der Waals surface area (Å²) in [5.74, 6) is -0.430. The van der Waals surface area contributed by atoms with Crippen LogP contribution < -0.4 is 15.4 Å². The van der Waals surface area contributed by atoms with Gasteiger partial charge in [0.15, 0.2) is 0 Å². The first-order valence-electron chi connectivity index (χ1n) is 10.3. The second-order valence-corrected chi connectivity index (χ2v) is 7.88. The van der Waals surface area contributed by atoms with Crippen molar-refractivity contribution >= 4 is 18.0 Å². The van der Waals surface area contributed by atoms with Gasteiger partial charge in [0.25, 0.3) is 5.88 Å². The quantitative estimate of drug-likeness (QED) is 0.719. The third-order valence-electron chi connectivity index (χ3n) is 5.74. The van der Waals surface area contributed by atoms with Crippen LogP contribution in [-0.2, 0) is 9.47 Å². The predicted octanol–water partition coefficient (Wildman–Crippen LogP) is 1.49. The van der Waals surface area contributed by atoms with Gasteiger partial charge in [-0.15, -0.1) is 0 Å². The first kappa shape index (κ1) is 21.9. The number of halogens is 1. The Morgan fingerprint density at radius 1 is 1.31 bits per heavy atom. The zero-order valence-corrected chi connectivity index (χ0v) is 18.2. The highest BCUT2D eigenvalue weighted by molar-refractivity contribution is 5.67. The van der Waals surface area contributed by atoms with Gasteiger partial charge in [-0.3, -0.25) is 0 Å². The van der Waals surface area contributed by atoms with Crippen molar-refractivity contribution in [3.05, 3.63) is 18.2 Å². The molecule has 3 heterocycles. The molecule has 1 amide bonds. The highest BCUT2D eigenvalue weighted by atomic mass is 19.1. The number of rotatable bonds is 5. The van der Waals surface area contributed by atoms with Crippen LogP contribution in [0, 0.1) is 5.82 Å². The topological polar surface area (TPSA) is 129 Å². The molecule has 1 saturated carbocycles. The van der Waals surface area contributed by atoms with Crippen molar-refractivity contribution in [1.82, 2.24) is 24.8 Å². The molecule has 4 rings (SSSR count). The molecule has 172 valence electrons. The zero-order chi connectivity index (χ0) is 22.8. The monoisotopic (exact) mass is 447 g/mol. The summed E-state index contributed by atoms with van der Waals surface area (Å²) in [6.45, 7) is 3.59. The fourth-order valence-electron chi connectivity index (χ4n) is 3.70. The van der Waals surface area contributed by atoms with Gasteiger partial charge in [0.05, 0.1) is 26.4 Å². The molecule has 1 aliphatic carbocycles. The molecule has 1 aliphatic heterocycles. The molecule has 0 bridgehead atoms. The standard InChI is InChI=1S/C20H26FN7O4/c1-11-10-31-5-4-28(11)19-25-16(12-8-23-18(22)24-9-12)15(21)17(26-19)32-14-6-13(7-14)27(2)20(29)30-3/h8-9,11,13-14H,4-7,10H2,1-3H3,(H2,22,23,24)/t11-,13?,14?/m0/s1. The summed E-state index contributed by atoms with van der Waals surface area (Å²) in [6.07, 6.45) is 3.19. The molecule has 0 unspecified atom stereocenters. The number of hydrogen-bond acceptors (Lipinski definition) is 10. The maximum Gasteiger partial charge on any atom is 0.409 e. The number of anilines is 2. The van der Waals surface area contributed by atoms with Crippen LogP contribution >= 0.6 is 0 Å². The molecule has 1 atom stereocenters. The van der Waals surface area contributed by atoms with Crippen molar-refractivity contribution in [3.8, 4) is 17.1 Å². The molecule has 0 radical (unpaired) electrons. The van der Waals surface area contributed by atoms with Gasteiger partial charge < -0.3 is 29.7 Å². The molecule has 12 heteroatoms. The van der Waals surface area contributed by atoms with Gasteiger partial charge in [-0.25, -0.2) is 19.7 Å². The Balaban J connectivity index is 1.61. The Bertz CT molecular complexity index is 971. The average molecular weight is 447 g/mol. The molecule has 11 nitrogen and oxygen atoms in total. The van der Waals surface area contributed by atoms with E-state index in [9.17, 15) is 4.79 Å². The first-order valence-corrected chi connectivity index (χ1v) is 10.3. The lowest BCUT2D eigenvalue weighted by atomic mass is 9.88. The first-order chi connectivity index (χ1) is 15.4. The van der Waals surface area contributed by atoms with E-state index in [2.05, 4.69) is 19.9 Å². The van der Waals surface area contributed by atoms with Gasteiger partial charge in [0.1, 0.15) is 11.8 Å². The van der Waals surface area contributed by atoms with E-state index in [4.69, 9.17) is 19.9 Å². The second-order valence-electron chi connectivity index (χ2n) is 7.88.